The molecule has 0 aliphatic carbocycles. The number of aliphatic carboxylic acids is 1. The summed E-state index contributed by atoms with van der Waals surface area (Å²) in [6.45, 7) is 2.59. The van der Waals surface area contributed by atoms with E-state index < -0.39 is 12.0 Å². The predicted octanol–water partition coefficient (Wildman–Crippen LogP) is 1.53. The van der Waals surface area contributed by atoms with Crippen molar-refractivity contribution in [3.8, 4) is 0 Å². The molecule has 1 aliphatic rings. The number of hydrogen-bond acceptors (Lipinski definition) is 3. The largest absolute Gasteiger partial charge is 0.480 e. The molecule has 1 unspecified atom stereocenters. The second kappa shape index (κ2) is 5.87. The number of nitrogens with zero attached hydrogens (tertiary/aromatic N) is 1. The van der Waals surface area contributed by atoms with E-state index in [0.29, 0.717) is 18.7 Å². The van der Waals surface area contributed by atoms with Crippen molar-refractivity contribution in [3.05, 3.63) is 32.9 Å². The zero-order valence-electron chi connectivity index (χ0n) is 10.4. The van der Waals surface area contributed by atoms with Gasteiger partial charge in [0.2, 0.25) is 0 Å². The lowest BCUT2D eigenvalue weighted by Gasteiger charge is -2.33. The lowest BCUT2D eigenvalue weighted by atomic mass is 10.1. The Balaban J connectivity index is 2.31. The number of carboxylic acids is 1. The van der Waals surface area contributed by atoms with E-state index in [9.17, 15) is 9.59 Å². The maximum atomic E-state index is 12.5. The van der Waals surface area contributed by atoms with Crippen LogP contribution in [0.15, 0.2) is 18.2 Å². The molecule has 1 N–H and O–H groups in total. The van der Waals surface area contributed by atoms with E-state index in [0.717, 1.165) is 9.13 Å². The average molecular weight is 375 g/mol. The highest BCUT2D eigenvalue weighted by Gasteiger charge is 2.33. The van der Waals surface area contributed by atoms with Crippen LogP contribution in [0.1, 0.15) is 15.9 Å². The molecule has 1 aromatic rings. The summed E-state index contributed by atoms with van der Waals surface area (Å²) in [4.78, 5) is 25.0. The molecule has 0 saturated carbocycles. The van der Waals surface area contributed by atoms with Crippen LogP contribution >= 0.6 is 22.6 Å². The van der Waals surface area contributed by atoms with Gasteiger partial charge in [0, 0.05) is 15.7 Å². The summed E-state index contributed by atoms with van der Waals surface area (Å²) in [5.41, 5.74) is 1.43. The third kappa shape index (κ3) is 2.89. The zero-order chi connectivity index (χ0) is 14.0. The molecule has 2 rings (SSSR count). The number of rotatable bonds is 2. The van der Waals surface area contributed by atoms with Gasteiger partial charge in [0.1, 0.15) is 0 Å². The molecule has 6 heteroatoms. The van der Waals surface area contributed by atoms with Gasteiger partial charge < -0.3 is 14.7 Å². The number of halogens is 1. The average Bonchev–Trinajstić information content (AvgIpc) is 2.41. The Morgan fingerprint density at radius 3 is 2.89 bits per heavy atom. The van der Waals surface area contributed by atoms with Crippen molar-refractivity contribution in [2.45, 2.75) is 13.0 Å². The van der Waals surface area contributed by atoms with Crippen molar-refractivity contribution in [1.82, 2.24) is 4.90 Å². The van der Waals surface area contributed by atoms with Crippen molar-refractivity contribution < 1.29 is 19.4 Å². The number of benzene rings is 1. The van der Waals surface area contributed by atoms with Gasteiger partial charge in [-0.3, -0.25) is 4.79 Å². The van der Waals surface area contributed by atoms with E-state index in [4.69, 9.17) is 9.84 Å². The van der Waals surface area contributed by atoms with Gasteiger partial charge >= 0.3 is 5.97 Å². The summed E-state index contributed by atoms with van der Waals surface area (Å²) in [6, 6.07) is 4.55. The Kier molecular flexibility index (Phi) is 4.41. The second-order valence-corrected chi connectivity index (χ2v) is 5.50. The molecule has 1 heterocycles. The van der Waals surface area contributed by atoms with Gasteiger partial charge in [0.25, 0.3) is 5.91 Å². The molecule has 0 aromatic heterocycles. The van der Waals surface area contributed by atoms with E-state index in [1.165, 1.54) is 4.90 Å². The molecular weight excluding hydrogens is 361 g/mol. The van der Waals surface area contributed by atoms with Crippen LogP contribution < -0.4 is 0 Å². The maximum absolute atomic E-state index is 12.5. The predicted molar refractivity (Wildman–Crippen MR) is 77.2 cm³/mol. The molecule has 102 valence electrons. The molecular formula is C13H14INO4. The van der Waals surface area contributed by atoms with Gasteiger partial charge in [0.05, 0.1) is 13.2 Å². The molecule has 19 heavy (non-hydrogen) atoms. The maximum Gasteiger partial charge on any atom is 0.328 e. The lowest BCUT2D eigenvalue weighted by molar-refractivity contribution is -0.147. The third-order valence-corrected chi connectivity index (χ3v) is 4.34. The highest BCUT2D eigenvalue weighted by molar-refractivity contribution is 14.1. The van der Waals surface area contributed by atoms with Crippen molar-refractivity contribution in [2.24, 2.45) is 0 Å². The quantitative estimate of drug-likeness (QED) is 0.797. The highest BCUT2D eigenvalue weighted by atomic mass is 127. The van der Waals surface area contributed by atoms with Crippen molar-refractivity contribution >= 4 is 34.5 Å². The minimum atomic E-state index is -1.03. The van der Waals surface area contributed by atoms with E-state index >= 15 is 0 Å². The summed E-state index contributed by atoms with van der Waals surface area (Å²) in [7, 11) is 0. The molecule has 1 aromatic carbocycles. The molecule has 0 radical (unpaired) electrons. The number of amides is 1. The van der Waals surface area contributed by atoms with Crippen molar-refractivity contribution in [3.63, 3.8) is 0 Å². The Hall–Kier alpha value is -1.15. The lowest BCUT2D eigenvalue weighted by Crippen LogP contribution is -2.52. The normalized spacial score (nSPS) is 19.3. The van der Waals surface area contributed by atoms with Crippen LogP contribution in [-0.4, -0.2) is 47.7 Å². The van der Waals surface area contributed by atoms with Gasteiger partial charge in [-0.15, -0.1) is 0 Å². The van der Waals surface area contributed by atoms with E-state index in [1.807, 2.05) is 13.0 Å². The number of hydrogen-bond donors (Lipinski definition) is 1. The first kappa shape index (κ1) is 14.3. The van der Waals surface area contributed by atoms with Crippen molar-refractivity contribution in [2.75, 3.05) is 19.8 Å². The fourth-order valence-electron chi connectivity index (χ4n) is 2.05. The van der Waals surface area contributed by atoms with Crippen LogP contribution in [0.4, 0.5) is 0 Å². The Bertz CT molecular complexity index is 517. The van der Waals surface area contributed by atoms with Crippen LogP contribution in [0.5, 0.6) is 0 Å². The summed E-state index contributed by atoms with van der Waals surface area (Å²) < 4.78 is 6.13. The summed E-state index contributed by atoms with van der Waals surface area (Å²) in [6.07, 6.45) is 0. The minimum absolute atomic E-state index is 0.0457. The number of ether oxygens (including phenoxy) is 1. The number of carbonyl (C=O) groups is 2. The van der Waals surface area contributed by atoms with Gasteiger partial charge in [-0.1, -0.05) is 6.07 Å². The van der Waals surface area contributed by atoms with Crippen molar-refractivity contribution in [1.29, 1.82) is 0 Å². The van der Waals surface area contributed by atoms with Crippen LogP contribution in [-0.2, 0) is 9.53 Å². The van der Waals surface area contributed by atoms with Crippen LogP contribution in [0.3, 0.4) is 0 Å². The molecule has 1 aliphatic heterocycles. The SMILES string of the molecule is Cc1c(I)cccc1C(=O)N1CCOCC1C(=O)O. The zero-order valence-corrected chi connectivity index (χ0v) is 12.6. The number of carbonyl (C=O) groups excluding carboxylic acids is 1. The van der Waals surface area contributed by atoms with E-state index in [2.05, 4.69) is 22.6 Å². The van der Waals surface area contributed by atoms with E-state index in [1.54, 1.807) is 12.1 Å². The van der Waals surface area contributed by atoms with Gasteiger partial charge in [-0.05, 0) is 47.2 Å². The number of morpholine rings is 1. The first-order valence-electron chi connectivity index (χ1n) is 5.89. The van der Waals surface area contributed by atoms with Gasteiger partial charge in [0.15, 0.2) is 6.04 Å². The molecule has 1 amide bonds. The molecule has 0 bridgehead atoms. The van der Waals surface area contributed by atoms with Crippen LogP contribution in [0.2, 0.25) is 0 Å². The molecule has 0 spiro atoms. The van der Waals surface area contributed by atoms with Gasteiger partial charge in [-0.25, -0.2) is 4.79 Å². The minimum Gasteiger partial charge on any atom is -0.480 e. The summed E-state index contributed by atoms with van der Waals surface area (Å²) >= 11 is 2.16. The molecule has 5 nitrogen and oxygen atoms in total. The second-order valence-electron chi connectivity index (χ2n) is 4.34. The van der Waals surface area contributed by atoms with Crippen LogP contribution in [0, 0.1) is 10.5 Å². The van der Waals surface area contributed by atoms with Crippen LogP contribution in [0.25, 0.3) is 0 Å². The highest BCUT2D eigenvalue weighted by Crippen LogP contribution is 2.19. The van der Waals surface area contributed by atoms with E-state index in [-0.39, 0.29) is 12.5 Å². The standard InChI is InChI=1S/C13H14INO4/c1-8-9(3-2-4-10(8)14)12(16)15-5-6-19-7-11(15)13(17)18/h2-4,11H,5-7H2,1H3,(H,17,18). The Morgan fingerprint density at radius 1 is 1.47 bits per heavy atom. The summed E-state index contributed by atoms with van der Waals surface area (Å²) in [5, 5.41) is 9.15. The fraction of sp³-hybridized carbons (Fsp3) is 0.385. The Labute approximate surface area is 124 Å². The molecule has 1 fully saturated rings. The first-order valence-corrected chi connectivity index (χ1v) is 6.97. The third-order valence-electron chi connectivity index (χ3n) is 3.17. The van der Waals surface area contributed by atoms with Gasteiger partial charge in [-0.2, -0.15) is 0 Å². The topological polar surface area (TPSA) is 66.8 Å². The smallest absolute Gasteiger partial charge is 0.328 e. The fourth-order valence-corrected chi connectivity index (χ4v) is 2.54. The molecule has 1 atom stereocenters. The number of carboxylic acid groups (broad SMARTS) is 1. The monoisotopic (exact) mass is 375 g/mol. The Morgan fingerprint density at radius 2 is 2.21 bits per heavy atom. The first-order chi connectivity index (χ1) is 9.02. The summed E-state index contributed by atoms with van der Waals surface area (Å²) in [5.74, 6) is -1.27. The molecule has 1 saturated heterocycles.